The van der Waals surface area contributed by atoms with Crippen LogP contribution >= 0.6 is 11.8 Å². The highest BCUT2D eigenvalue weighted by molar-refractivity contribution is 7.98. The summed E-state index contributed by atoms with van der Waals surface area (Å²) in [5.41, 5.74) is 3.94. The third kappa shape index (κ3) is 4.10. The Labute approximate surface area is 131 Å². The fraction of sp³-hybridized carbons (Fsp3) is 0.529. The summed E-state index contributed by atoms with van der Waals surface area (Å²) in [5, 5.41) is 4.30. The highest BCUT2D eigenvalue weighted by Crippen LogP contribution is 2.32. The summed E-state index contributed by atoms with van der Waals surface area (Å²) >= 11 is 1.83. The average Bonchev–Trinajstić information content (AvgIpc) is 2.89. The zero-order valence-corrected chi connectivity index (χ0v) is 14.5. The van der Waals surface area contributed by atoms with Crippen molar-refractivity contribution in [3.05, 3.63) is 46.6 Å². The SMILES string of the molecule is Cc1ccc(C)c(CSC(C)c2nc(C(C)(C)C)no2)c1. The molecule has 1 heterocycles. The van der Waals surface area contributed by atoms with Gasteiger partial charge < -0.3 is 4.52 Å². The Morgan fingerprint density at radius 1 is 1.24 bits per heavy atom. The Bertz CT molecular complexity index is 613. The summed E-state index contributed by atoms with van der Waals surface area (Å²) in [4.78, 5) is 4.54. The van der Waals surface area contributed by atoms with Gasteiger partial charge in [0, 0.05) is 11.2 Å². The van der Waals surface area contributed by atoms with Crippen LogP contribution in [0.25, 0.3) is 0 Å². The molecule has 0 aliphatic heterocycles. The molecule has 0 saturated heterocycles. The fourth-order valence-corrected chi connectivity index (χ4v) is 2.93. The second-order valence-electron chi connectivity index (χ2n) is 6.59. The van der Waals surface area contributed by atoms with Gasteiger partial charge in [0.05, 0.1) is 5.25 Å². The van der Waals surface area contributed by atoms with Gasteiger partial charge in [0.25, 0.3) is 0 Å². The van der Waals surface area contributed by atoms with Crippen LogP contribution in [0.4, 0.5) is 0 Å². The lowest BCUT2D eigenvalue weighted by atomic mass is 9.96. The molecule has 0 aliphatic rings. The standard InChI is InChI=1S/C17H24N2OS/c1-11-7-8-12(2)14(9-11)10-21-13(3)15-18-16(19-20-15)17(4,5)6/h7-9,13H,10H2,1-6H3. The minimum Gasteiger partial charge on any atom is -0.338 e. The largest absolute Gasteiger partial charge is 0.338 e. The molecule has 0 fully saturated rings. The van der Waals surface area contributed by atoms with Crippen LogP contribution in [-0.4, -0.2) is 10.1 Å². The van der Waals surface area contributed by atoms with E-state index in [1.165, 1.54) is 16.7 Å². The van der Waals surface area contributed by atoms with Crippen molar-refractivity contribution in [1.82, 2.24) is 10.1 Å². The van der Waals surface area contributed by atoms with Gasteiger partial charge in [0.15, 0.2) is 5.82 Å². The van der Waals surface area contributed by atoms with E-state index < -0.39 is 0 Å². The van der Waals surface area contributed by atoms with E-state index in [1.54, 1.807) is 0 Å². The zero-order valence-electron chi connectivity index (χ0n) is 13.7. The second-order valence-corrected chi connectivity index (χ2v) is 7.92. The molecule has 0 N–H and O–H groups in total. The van der Waals surface area contributed by atoms with E-state index >= 15 is 0 Å². The molecule has 2 rings (SSSR count). The first-order valence-electron chi connectivity index (χ1n) is 7.29. The van der Waals surface area contributed by atoms with Gasteiger partial charge in [0.1, 0.15) is 0 Å². The Morgan fingerprint density at radius 3 is 2.57 bits per heavy atom. The number of aromatic nitrogens is 2. The summed E-state index contributed by atoms with van der Waals surface area (Å²) in [7, 11) is 0. The van der Waals surface area contributed by atoms with Crippen molar-refractivity contribution >= 4 is 11.8 Å². The summed E-state index contributed by atoms with van der Waals surface area (Å²) in [6, 6.07) is 6.59. The molecule has 0 aliphatic carbocycles. The summed E-state index contributed by atoms with van der Waals surface area (Å²) in [6.45, 7) is 12.7. The predicted molar refractivity (Wildman–Crippen MR) is 88.6 cm³/mol. The second kappa shape index (κ2) is 6.22. The third-order valence-corrected chi connectivity index (χ3v) is 4.63. The van der Waals surface area contributed by atoms with E-state index in [0.29, 0.717) is 0 Å². The lowest BCUT2D eigenvalue weighted by Crippen LogP contribution is -2.13. The maximum absolute atomic E-state index is 5.41. The van der Waals surface area contributed by atoms with Crippen molar-refractivity contribution in [3.63, 3.8) is 0 Å². The highest BCUT2D eigenvalue weighted by Gasteiger charge is 2.23. The smallest absolute Gasteiger partial charge is 0.239 e. The molecular weight excluding hydrogens is 280 g/mol. The fourth-order valence-electron chi connectivity index (χ4n) is 1.95. The number of aryl methyl sites for hydroxylation is 2. The molecule has 4 heteroatoms. The number of hydrogen-bond acceptors (Lipinski definition) is 4. The van der Waals surface area contributed by atoms with E-state index in [9.17, 15) is 0 Å². The van der Waals surface area contributed by atoms with Crippen molar-refractivity contribution in [2.75, 3.05) is 0 Å². The molecule has 0 bridgehead atoms. The number of rotatable bonds is 4. The van der Waals surface area contributed by atoms with Crippen LogP contribution in [0.3, 0.4) is 0 Å². The number of hydrogen-bond donors (Lipinski definition) is 0. The number of thioether (sulfide) groups is 1. The van der Waals surface area contributed by atoms with Crippen LogP contribution in [0.1, 0.15) is 61.4 Å². The minimum absolute atomic E-state index is 0.0702. The summed E-state index contributed by atoms with van der Waals surface area (Å²) < 4.78 is 5.41. The molecule has 1 unspecified atom stereocenters. The monoisotopic (exact) mass is 304 g/mol. The molecule has 2 aromatic rings. The van der Waals surface area contributed by atoms with Crippen molar-refractivity contribution in [2.45, 2.75) is 58.0 Å². The van der Waals surface area contributed by atoms with E-state index in [0.717, 1.165) is 17.5 Å². The van der Waals surface area contributed by atoms with E-state index in [-0.39, 0.29) is 10.7 Å². The molecule has 0 radical (unpaired) electrons. The Morgan fingerprint density at radius 2 is 1.95 bits per heavy atom. The van der Waals surface area contributed by atoms with Crippen LogP contribution in [-0.2, 0) is 11.2 Å². The molecule has 3 nitrogen and oxygen atoms in total. The molecule has 0 spiro atoms. The lowest BCUT2D eigenvalue weighted by Gasteiger charge is -2.11. The minimum atomic E-state index is -0.0702. The van der Waals surface area contributed by atoms with Crippen molar-refractivity contribution < 1.29 is 4.52 Å². The maximum atomic E-state index is 5.41. The predicted octanol–water partition coefficient (Wildman–Crippen LogP) is 4.98. The normalized spacial score (nSPS) is 13.4. The van der Waals surface area contributed by atoms with Crippen molar-refractivity contribution in [3.8, 4) is 0 Å². The third-order valence-electron chi connectivity index (χ3n) is 3.45. The average molecular weight is 304 g/mol. The van der Waals surface area contributed by atoms with E-state index in [1.807, 2.05) is 11.8 Å². The van der Waals surface area contributed by atoms with Crippen molar-refractivity contribution in [2.24, 2.45) is 0 Å². The van der Waals surface area contributed by atoms with Crippen LogP contribution < -0.4 is 0 Å². The summed E-state index contributed by atoms with van der Waals surface area (Å²) in [6.07, 6.45) is 0. The molecular formula is C17H24N2OS. The van der Waals surface area contributed by atoms with E-state index in [4.69, 9.17) is 4.52 Å². The first kappa shape index (κ1) is 16.1. The molecule has 0 saturated carbocycles. The highest BCUT2D eigenvalue weighted by atomic mass is 32.2. The number of nitrogens with zero attached hydrogens (tertiary/aromatic N) is 2. The van der Waals surface area contributed by atoms with Crippen LogP contribution in [0.15, 0.2) is 22.7 Å². The Hall–Kier alpha value is -1.29. The first-order chi connectivity index (χ1) is 9.77. The van der Waals surface area contributed by atoms with Crippen LogP contribution in [0.5, 0.6) is 0 Å². The van der Waals surface area contributed by atoms with Gasteiger partial charge in [-0.25, -0.2) is 0 Å². The molecule has 0 amide bonds. The summed E-state index contributed by atoms with van der Waals surface area (Å²) in [5.74, 6) is 2.45. The quantitative estimate of drug-likeness (QED) is 0.798. The zero-order chi connectivity index (χ0) is 15.6. The van der Waals surface area contributed by atoms with Gasteiger partial charge >= 0.3 is 0 Å². The Kier molecular flexibility index (Phi) is 4.77. The van der Waals surface area contributed by atoms with Gasteiger partial charge in [-0.1, -0.05) is 49.7 Å². The Balaban J connectivity index is 2.03. The molecule has 1 atom stereocenters. The molecule has 21 heavy (non-hydrogen) atoms. The van der Waals surface area contributed by atoms with E-state index in [2.05, 4.69) is 69.9 Å². The molecule has 114 valence electrons. The van der Waals surface area contributed by atoms with Gasteiger partial charge in [-0.05, 0) is 31.9 Å². The molecule has 1 aromatic heterocycles. The topological polar surface area (TPSA) is 38.9 Å². The number of benzene rings is 1. The van der Waals surface area contributed by atoms with Crippen molar-refractivity contribution in [1.29, 1.82) is 0 Å². The van der Waals surface area contributed by atoms with Gasteiger partial charge in [-0.15, -0.1) is 11.8 Å². The first-order valence-corrected chi connectivity index (χ1v) is 8.34. The van der Waals surface area contributed by atoms with Crippen LogP contribution in [0.2, 0.25) is 0 Å². The van der Waals surface area contributed by atoms with Gasteiger partial charge in [-0.3, -0.25) is 0 Å². The lowest BCUT2D eigenvalue weighted by molar-refractivity contribution is 0.364. The van der Waals surface area contributed by atoms with Gasteiger partial charge in [0.2, 0.25) is 5.89 Å². The van der Waals surface area contributed by atoms with Crippen LogP contribution in [0, 0.1) is 13.8 Å². The maximum Gasteiger partial charge on any atom is 0.239 e. The molecule has 1 aromatic carbocycles. The van der Waals surface area contributed by atoms with Gasteiger partial charge in [-0.2, -0.15) is 4.98 Å².